The highest BCUT2D eigenvalue weighted by Gasteiger charge is 2.40. The number of ketones is 1. The number of hydrogen-bond donors (Lipinski definition) is 1. The topological polar surface area (TPSA) is 59.1 Å². The highest BCUT2D eigenvalue weighted by molar-refractivity contribution is 7.16. The summed E-state index contributed by atoms with van der Waals surface area (Å²) in [6.07, 6.45) is -4.94. The minimum atomic E-state index is -4.94. The molecule has 0 fully saturated rings. The van der Waals surface area contributed by atoms with Crippen molar-refractivity contribution < 1.29 is 22.8 Å². The summed E-state index contributed by atoms with van der Waals surface area (Å²) >= 11 is 1.89. The lowest BCUT2D eigenvalue weighted by molar-refractivity contribution is -0.0882. The molecule has 0 aromatic carbocycles. The van der Waals surface area contributed by atoms with Crippen LogP contribution < -0.4 is 5.32 Å². The van der Waals surface area contributed by atoms with E-state index in [-0.39, 0.29) is 10.9 Å². The third kappa shape index (κ3) is 3.67. The molecule has 1 N–H and O–H groups in total. The second kappa shape index (κ2) is 5.94. The fourth-order valence-corrected chi connectivity index (χ4v) is 3.02. The second-order valence-corrected chi connectivity index (χ2v) is 5.90. The Balaban J connectivity index is 2.07. The van der Waals surface area contributed by atoms with E-state index in [9.17, 15) is 22.8 Å². The van der Waals surface area contributed by atoms with Gasteiger partial charge in [-0.15, -0.1) is 22.7 Å². The number of thiophene rings is 1. The molecule has 0 spiro atoms. The van der Waals surface area contributed by atoms with E-state index in [1.807, 2.05) is 0 Å². The highest BCUT2D eigenvalue weighted by Crippen LogP contribution is 2.26. The van der Waals surface area contributed by atoms with Crippen LogP contribution >= 0.6 is 22.7 Å². The number of Topliss-reactive ketones (excluding diaryl/α,β-unsaturated/α-hetero) is 1. The molecule has 2 aromatic heterocycles. The van der Waals surface area contributed by atoms with E-state index in [0.717, 1.165) is 6.07 Å². The molecule has 1 unspecified atom stereocenters. The predicted octanol–water partition coefficient (Wildman–Crippen LogP) is 3.44. The zero-order valence-corrected chi connectivity index (χ0v) is 12.2. The van der Waals surface area contributed by atoms with Gasteiger partial charge < -0.3 is 5.32 Å². The summed E-state index contributed by atoms with van der Waals surface area (Å²) in [5.41, 5.74) is 2.28. The van der Waals surface area contributed by atoms with Crippen molar-refractivity contribution in [2.24, 2.45) is 0 Å². The maximum atomic E-state index is 12.3. The molecular weight excluding hydrogens is 325 g/mol. The number of hydrogen-bond acceptors (Lipinski definition) is 5. The number of nitrogens with one attached hydrogen (secondary N) is 1. The molecule has 0 saturated carbocycles. The summed E-state index contributed by atoms with van der Waals surface area (Å²) in [5.74, 6) is -2.49. The van der Waals surface area contributed by atoms with Crippen molar-refractivity contribution in [1.82, 2.24) is 10.3 Å². The van der Waals surface area contributed by atoms with Gasteiger partial charge in [-0.1, -0.05) is 0 Å². The number of rotatable bonds is 4. The molecule has 4 nitrogen and oxygen atoms in total. The number of halogens is 3. The summed E-state index contributed by atoms with van der Waals surface area (Å²) in [4.78, 5) is 26.5. The maximum Gasteiger partial charge on any atom is 0.455 e. The monoisotopic (exact) mass is 334 g/mol. The molecule has 21 heavy (non-hydrogen) atoms. The first-order chi connectivity index (χ1) is 9.79. The van der Waals surface area contributed by atoms with Gasteiger partial charge >= 0.3 is 6.18 Å². The maximum absolute atomic E-state index is 12.3. The van der Waals surface area contributed by atoms with Gasteiger partial charge in [0.05, 0.1) is 27.0 Å². The van der Waals surface area contributed by atoms with Gasteiger partial charge in [-0.3, -0.25) is 9.59 Å². The lowest BCUT2D eigenvalue weighted by Gasteiger charge is -2.10. The van der Waals surface area contributed by atoms with Gasteiger partial charge in [-0.05, 0) is 19.1 Å². The van der Waals surface area contributed by atoms with Crippen LogP contribution in [0.1, 0.15) is 38.0 Å². The first-order valence-electron chi connectivity index (χ1n) is 5.69. The Kier molecular flexibility index (Phi) is 4.43. The summed E-state index contributed by atoms with van der Waals surface area (Å²) in [6, 6.07) is 1.84. The van der Waals surface area contributed by atoms with Gasteiger partial charge in [-0.2, -0.15) is 13.2 Å². The molecule has 2 heterocycles. The summed E-state index contributed by atoms with van der Waals surface area (Å²) in [7, 11) is 0. The average Bonchev–Trinajstić information content (AvgIpc) is 3.08. The van der Waals surface area contributed by atoms with Crippen LogP contribution in [0.4, 0.5) is 13.2 Å². The zero-order valence-electron chi connectivity index (χ0n) is 10.6. The van der Waals surface area contributed by atoms with Crippen molar-refractivity contribution in [3.8, 4) is 0 Å². The van der Waals surface area contributed by atoms with Crippen LogP contribution in [0, 0.1) is 0 Å². The van der Waals surface area contributed by atoms with Crippen LogP contribution in [0.2, 0.25) is 0 Å². The molecule has 9 heteroatoms. The summed E-state index contributed by atoms with van der Waals surface area (Å²) < 4.78 is 36.9. The second-order valence-electron chi connectivity index (χ2n) is 4.10. The standard InChI is InChI=1S/C12H9F3N2O2S2/c1-6(7-4-20-5-16-7)17-11(19)9-3-2-8(21-9)10(18)12(13,14)15/h2-6H,1H3,(H,17,19). The van der Waals surface area contributed by atoms with E-state index in [0.29, 0.717) is 17.0 Å². The average molecular weight is 334 g/mol. The smallest absolute Gasteiger partial charge is 0.343 e. The van der Waals surface area contributed by atoms with Crippen molar-refractivity contribution in [1.29, 1.82) is 0 Å². The lowest BCUT2D eigenvalue weighted by atomic mass is 10.2. The van der Waals surface area contributed by atoms with Gasteiger partial charge in [0.1, 0.15) is 0 Å². The van der Waals surface area contributed by atoms with Crippen molar-refractivity contribution >= 4 is 34.4 Å². The Bertz CT molecular complexity index is 650. The van der Waals surface area contributed by atoms with E-state index in [1.165, 1.54) is 17.4 Å². The molecule has 2 aromatic rings. The quantitative estimate of drug-likeness (QED) is 0.872. The molecule has 0 aliphatic rings. The first-order valence-corrected chi connectivity index (χ1v) is 7.45. The van der Waals surface area contributed by atoms with Crippen LogP contribution in [0.15, 0.2) is 23.0 Å². The SMILES string of the molecule is CC(NC(=O)c1ccc(C(=O)C(F)(F)F)s1)c1cscn1. The molecule has 1 amide bonds. The third-order valence-electron chi connectivity index (χ3n) is 2.55. The van der Waals surface area contributed by atoms with E-state index in [2.05, 4.69) is 10.3 Å². The molecule has 0 aliphatic carbocycles. The van der Waals surface area contributed by atoms with Gasteiger partial charge in [0.2, 0.25) is 0 Å². The number of carbonyl (C=O) groups excluding carboxylic acids is 2. The van der Waals surface area contributed by atoms with Crippen molar-refractivity contribution in [3.63, 3.8) is 0 Å². The minimum absolute atomic E-state index is 0.0460. The fraction of sp³-hybridized carbons (Fsp3) is 0.250. The third-order valence-corrected chi connectivity index (χ3v) is 4.24. The number of aromatic nitrogens is 1. The lowest BCUT2D eigenvalue weighted by Crippen LogP contribution is -2.26. The molecule has 0 saturated heterocycles. The van der Waals surface area contributed by atoms with Crippen molar-refractivity contribution in [3.05, 3.63) is 38.5 Å². The van der Waals surface area contributed by atoms with Gasteiger partial charge in [0.15, 0.2) is 0 Å². The number of alkyl halides is 3. The van der Waals surface area contributed by atoms with Crippen LogP contribution in [0.5, 0.6) is 0 Å². The fourth-order valence-electron chi connectivity index (χ4n) is 1.50. The Morgan fingerprint density at radius 3 is 2.52 bits per heavy atom. The van der Waals surface area contributed by atoms with Crippen LogP contribution in [-0.2, 0) is 0 Å². The van der Waals surface area contributed by atoms with E-state index < -0.39 is 22.7 Å². The Hall–Kier alpha value is -1.74. The van der Waals surface area contributed by atoms with Gasteiger partial charge in [0.25, 0.3) is 11.7 Å². The van der Waals surface area contributed by atoms with E-state index in [1.54, 1.807) is 17.8 Å². The Labute approximate surface area is 125 Å². The number of thiazole rings is 1. The van der Waals surface area contributed by atoms with E-state index >= 15 is 0 Å². The molecule has 1 atom stereocenters. The Morgan fingerprint density at radius 2 is 1.95 bits per heavy atom. The summed E-state index contributed by atoms with van der Waals surface area (Å²) in [6.45, 7) is 1.71. The molecule has 2 rings (SSSR count). The van der Waals surface area contributed by atoms with Crippen LogP contribution in [0.3, 0.4) is 0 Å². The number of carbonyl (C=O) groups is 2. The normalized spacial score (nSPS) is 13.0. The van der Waals surface area contributed by atoms with Gasteiger partial charge in [-0.25, -0.2) is 4.98 Å². The largest absolute Gasteiger partial charge is 0.455 e. The molecule has 112 valence electrons. The molecule has 0 aliphatic heterocycles. The van der Waals surface area contributed by atoms with Crippen LogP contribution in [0.25, 0.3) is 0 Å². The van der Waals surface area contributed by atoms with Crippen LogP contribution in [-0.4, -0.2) is 22.9 Å². The number of nitrogens with zero attached hydrogens (tertiary/aromatic N) is 1. The predicted molar refractivity (Wildman–Crippen MR) is 72.7 cm³/mol. The molecule has 0 bridgehead atoms. The van der Waals surface area contributed by atoms with Gasteiger partial charge in [0, 0.05) is 5.38 Å². The molecule has 0 radical (unpaired) electrons. The Morgan fingerprint density at radius 1 is 1.29 bits per heavy atom. The first kappa shape index (κ1) is 15.6. The minimum Gasteiger partial charge on any atom is -0.343 e. The molecular formula is C12H9F3N2O2S2. The van der Waals surface area contributed by atoms with E-state index in [4.69, 9.17) is 0 Å². The number of amides is 1. The highest BCUT2D eigenvalue weighted by atomic mass is 32.1. The summed E-state index contributed by atoms with van der Waals surface area (Å²) in [5, 5.41) is 4.37. The van der Waals surface area contributed by atoms with Crippen molar-refractivity contribution in [2.45, 2.75) is 19.1 Å². The van der Waals surface area contributed by atoms with Crippen molar-refractivity contribution in [2.75, 3.05) is 0 Å². The zero-order chi connectivity index (χ0) is 15.6.